The molecule has 1 aliphatic heterocycles. The van der Waals surface area contributed by atoms with Crippen molar-refractivity contribution in [3.8, 4) is 0 Å². The first-order valence-electron chi connectivity index (χ1n) is 9.02. The SMILES string of the molecule is CN=C(NC1CC1c1ccccc1F)N1CCC(COCCOC)C1.I. The summed E-state index contributed by atoms with van der Waals surface area (Å²) in [6.07, 6.45) is 2.06. The van der Waals surface area contributed by atoms with Crippen molar-refractivity contribution in [2.75, 3.05) is 47.1 Å². The van der Waals surface area contributed by atoms with E-state index >= 15 is 0 Å². The number of methoxy groups -OCH3 is 1. The average molecular weight is 477 g/mol. The van der Waals surface area contributed by atoms with Crippen LogP contribution < -0.4 is 5.32 Å². The van der Waals surface area contributed by atoms with Crippen molar-refractivity contribution in [2.24, 2.45) is 10.9 Å². The maximum Gasteiger partial charge on any atom is 0.193 e. The third kappa shape index (κ3) is 5.53. The van der Waals surface area contributed by atoms with Gasteiger partial charge >= 0.3 is 0 Å². The smallest absolute Gasteiger partial charge is 0.193 e. The van der Waals surface area contributed by atoms with Gasteiger partial charge in [-0.05, 0) is 24.5 Å². The minimum atomic E-state index is -0.110. The zero-order valence-corrected chi connectivity index (χ0v) is 17.8. The molecule has 7 heteroatoms. The summed E-state index contributed by atoms with van der Waals surface area (Å²) >= 11 is 0. The lowest BCUT2D eigenvalue weighted by atomic mass is 10.1. The summed E-state index contributed by atoms with van der Waals surface area (Å²) in [6, 6.07) is 7.33. The molecule has 1 heterocycles. The highest BCUT2D eigenvalue weighted by Gasteiger charge is 2.41. The predicted molar refractivity (Wildman–Crippen MR) is 112 cm³/mol. The van der Waals surface area contributed by atoms with E-state index in [0.29, 0.717) is 19.1 Å². The van der Waals surface area contributed by atoms with E-state index in [9.17, 15) is 4.39 Å². The summed E-state index contributed by atoms with van der Waals surface area (Å²) in [4.78, 5) is 6.70. The molecule has 2 aliphatic rings. The molecule has 0 aromatic heterocycles. The van der Waals surface area contributed by atoms with Crippen LogP contribution in [0.1, 0.15) is 24.3 Å². The van der Waals surface area contributed by atoms with Crippen molar-refractivity contribution in [1.82, 2.24) is 10.2 Å². The molecular weight excluding hydrogens is 448 g/mol. The average Bonchev–Trinajstić information content (AvgIpc) is 3.23. The van der Waals surface area contributed by atoms with Crippen LogP contribution >= 0.6 is 24.0 Å². The van der Waals surface area contributed by atoms with Gasteiger partial charge in [-0.2, -0.15) is 0 Å². The van der Waals surface area contributed by atoms with Crippen LogP contribution in [0.2, 0.25) is 0 Å². The molecule has 2 fully saturated rings. The monoisotopic (exact) mass is 477 g/mol. The molecule has 0 amide bonds. The molecule has 0 radical (unpaired) electrons. The van der Waals surface area contributed by atoms with E-state index in [-0.39, 0.29) is 41.8 Å². The van der Waals surface area contributed by atoms with Gasteiger partial charge in [-0.25, -0.2) is 4.39 Å². The molecule has 1 N–H and O–H groups in total. The number of hydrogen-bond donors (Lipinski definition) is 1. The highest BCUT2D eigenvalue weighted by atomic mass is 127. The van der Waals surface area contributed by atoms with Crippen LogP contribution in [0.25, 0.3) is 0 Å². The zero-order valence-electron chi connectivity index (χ0n) is 15.5. The van der Waals surface area contributed by atoms with Crippen LogP contribution in [-0.4, -0.2) is 64.0 Å². The fourth-order valence-electron chi connectivity index (χ4n) is 3.49. The Bertz CT molecular complexity index is 602. The summed E-state index contributed by atoms with van der Waals surface area (Å²) in [5.74, 6) is 1.58. The summed E-state index contributed by atoms with van der Waals surface area (Å²) < 4.78 is 24.6. The number of halogens is 2. The second kappa shape index (κ2) is 10.4. The number of rotatable bonds is 7. The first kappa shape index (κ1) is 21.4. The van der Waals surface area contributed by atoms with Gasteiger partial charge in [0.1, 0.15) is 5.82 Å². The lowest BCUT2D eigenvalue weighted by molar-refractivity contribution is 0.0536. The molecule has 0 bridgehead atoms. The van der Waals surface area contributed by atoms with Crippen molar-refractivity contribution in [3.63, 3.8) is 0 Å². The van der Waals surface area contributed by atoms with Crippen molar-refractivity contribution in [3.05, 3.63) is 35.6 Å². The van der Waals surface area contributed by atoms with Crippen molar-refractivity contribution in [1.29, 1.82) is 0 Å². The van der Waals surface area contributed by atoms with E-state index in [1.807, 2.05) is 19.2 Å². The van der Waals surface area contributed by atoms with Gasteiger partial charge in [0.05, 0.1) is 19.8 Å². The first-order valence-corrected chi connectivity index (χ1v) is 9.02. The van der Waals surface area contributed by atoms with Crippen LogP contribution in [0.15, 0.2) is 29.3 Å². The quantitative estimate of drug-likeness (QED) is 0.284. The van der Waals surface area contributed by atoms with E-state index < -0.39 is 0 Å². The Balaban J connectivity index is 0.00000243. The van der Waals surface area contributed by atoms with Gasteiger partial charge in [-0.1, -0.05) is 18.2 Å². The normalized spacial score (nSPS) is 25.1. The van der Waals surface area contributed by atoms with Gasteiger partial charge < -0.3 is 19.7 Å². The number of likely N-dealkylation sites (tertiary alicyclic amines) is 1. The predicted octanol–water partition coefficient (Wildman–Crippen LogP) is 2.86. The number of hydrogen-bond acceptors (Lipinski definition) is 3. The zero-order chi connectivity index (χ0) is 17.6. The molecule has 3 rings (SSSR count). The summed E-state index contributed by atoms with van der Waals surface area (Å²) in [6.45, 7) is 3.97. The Morgan fingerprint density at radius 2 is 2.15 bits per heavy atom. The van der Waals surface area contributed by atoms with Crippen LogP contribution in [0.3, 0.4) is 0 Å². The second-order valence-electron chi connectivity index (χ2n) is 6.83. The van der Waals surface area contributed by atoms with Crippen LogP contribution in [0.4, 0.5) is 4.39 Å². The molecule has 3 unspecified atom stereocenters. The third-order valence-corrected chi connectivity index (χ3v) is 4.99. The largest absolute Gasteiger partial charge is 0.382 e. The van der Waals surface area contributed by atoms with Crippen LogP contribution in [0, 0.1) is 11.7 Å². The molecule has 1 aliphatic carbocycles. The summed E-state index contributed by atoms with van der Waals surface area (Å²) in [5, 5.41) is 3.50. The lowest BCUT2D eigenvalue weighted by Crippen LogP contribution is -2.41. The van der Waals surface area contributed by atoms with Gasteiger partial charge in [-0.15, -0.1) is 24.0 Å². The molecule has 1 aromatic carbocycles. The van der Waals surface area contributed by atoms with Crippen molar-refractivity contribution in [2.45, 2.75) is 24.8 Å². The highest BCUT2D eigenvalue weighted by Crippen LogP contribution is 2.42. The van der Waals surface area contributed by atoms with Gasteiger partial charge in [0.2, 0.25) is 0 Å². The van der Waals surface area contributed by atoms with Crippen molar-refractivity contribution >= 4 is 29.9 Å². The minimum Gasteiger partial charge on any atom is -0.382 e. The molecule has 0 spiro atoms. The fourth-order valence-corrected chi connectivity index (χ4v) is 3.49. The maximum absolute atomic E-state index is 13.9. The Labute approximate surface area is 172 Å². The molecular formula is C19H29FIN3O2. The van der Waals surface area contributed by atoms with Gasteiger partial charge in [0, 0.05) is 45.1 Å². The van der Waals surface area contributed by atoms with Crippen LogP contribution in [0.5, 0.6) is 0 Å². The van der Waals surface area contributed by atoms with Gasteiger partial charge in [0.25, 0.3) is 0 Å². The molecule has 1 saturated heterocycles. The molecule has 26 heavy (non-hydrogen) atoms. The standard InChI is InChI=1S/C19H28FN3O2.HI/c1-21-19(23-8-7-14(12-23)13-25-10-9-24-2)22-18-11-16(18)15-5-3-4-6-17(15)20;/h3-6,14,16,18H,7-13H2,1-2H3,(H,21,22);1H. The van der Waals surface area contributed by atoms with E-state index in [1.165, 1.54) is 6.07 Å². The minimum absolute atomic E-state index is 0. The topological polar surface area (TPSA) is 46.1 Å². The fraction of sp³-hybridized carbons (Fsp3) is 0.632. The number of nitrogens with zero attached hydrogens (tertiary/aromatic N) is 2. The van der Waals surface area contributed by atoms with E-state index in [2.05, 4.69) is 15.2 Å². The van der Waals surface area contributed by atoms with E-state index in [1.54, 1.807) is 13.2 Å². The number of guanidine groups is 1. The third-order valence-electron chi connectivity index (χ3n) is 4.99. The lowest BCUT2D eigenvalue weighted by Gasteiger charge is -2.22. The Morgan fingerprint density at radius 1 is 1.35 bits per heavy atom. The van der Waals surface area contributed by atoms with E-state index in [0.717, 1.165) is 44.1 Å². The van der Waals surface area contributed by atoms with Crippen LogP contribution in [-0.2, 0) is 9.47 Å². The summed E-state index contributed by atoms with van der Waals surface area (Å²) in [5.41, 5.74) is 0.807. The molecule has 1 saturated carbocycles. The number of benzene rings is 1. The van der Waals surface area contributed by atoms with Crippen molar-refractivity contribution < 1.29 is 13.9 Å². The summed E-state index contributed by atoms with van der Waals surface area (Å²) in [7, 11) is 3.49. The van der Waals surface area contributed by atoms with Gasteiger partial charge in [-0.3, -0.25) is 4.99 Å². The first-order chi connectivity index (χ1) is 12.2. The van der Waals surface area contributed by atoms with E-state index in [4.69, 9.17) is 9.47 Å². The Kier molecular flexibility index (Phi) is 8.56. The number of ether oxygens (including phenoxy) is 2. The highest BCUT2D eigenvalue weighted by molar-refractivity contribution is 14.0. The molecule has 146 valence electrons. The number of aliphatic imine (C=N–C) groups is 1. The molecule has 3 atom stereocenters. The van der Waals surface area contributed by atoms with Gasteiger partial charge in [0.15, 0.2) is 5.96 Å². The molecule has 5 nitrogen and oxygen atoms in total. The maximum atomic E-state index is 13.9. The number of nitrogens with one attached hydrogen (secondary N) is 1. The Hall–Kier alpha value is -0.930. The second-order valence-corrected chi connectivity index (χ2v) is 6.83. The Morgan fingerprint density at radius 3 is 2.88 bits per heavy atom. The molecule has 1 aromatic rings.